The molecule has 5 nitrogen and oxygen atoms in total. The van der Waals surface area contributed by atoms with E-state index in [0.29, 0.717) is 18.1 Å². The number of hydrogen-bond acceptors (Lipinski definition) is 3. The molecular formula is C18H16N2O3. The van der Waals surface area contributed by atoms with Gasteiger partial charge in [0.05, 0.1) is 5.69 Å². The van der Waals surface area contributed by atoms with Crippen LogP contribution in [0.1, 0.15) is 21.5 Å². The predicted molar refractivity (Wildman–Crippen MR) is 86.5 cm³/mol. The molecule has 0 bridgehead atoms. The SMILES string of the molecule is Cc1cc(-c2cc[nH]n2)cc(C(=O)O)c1OCc1ccccc1. The van der Waals surface area contributed by atoms with Crippen LogP contribution in [-0.2, 0) is 6.61 Å². The van der Waals surface area contributed by atoms with Crippen LogP contribution in [0.3, 0.4) is 0 Å². The molecule has 3 aromatic rings. The van der Waals surface area contributed by atoms with Gasteiger partial charge in [0.15, 0.2) is 0 Å². The topological polar surface area (TPSA) is 75.2 Å². The number of nitrogens with one attached hydrogen (secondary N) is 1. The summed E-state index contributed by atoms with van der Waals surface area (Å²) in [7, 11) is 0. The molecule has 0 saturated carbocycles. The molecule has 0 aliphatic rings. The summed E-state index contributed by atoms with van der Waals surface area (Å²) in [4.78, 5) is 11.6. The van der Waals surface area contributed by atoms with Crippen molar-refractivity contribution in [1.29, 1.82) is 0 Å². The summed E-state index contributed by atoms with van der Waals surface area (Å²) in [5.74, 6) is -0.630. The maximum absolute atomic E-state index is 11.6. The predicted octanol–water partition coefficient (Wildman–Crippen LogP) is 3.66. The molecule has 3 rings (SSSR count). The van der Waals surface area contributed by atoms with Crippen molar-refractivity contribution in [1.82, 2.24) is 10.2 Å². The molecule has 2 N–H and O–H groups in total. The van der Waals surface area contributed by atoms with Gasteiger partial charge in [-0.05, 0) is 36.2 Å². The van der Waals surface area contributed by atoms with Crippen molar-refractivity contribution in [2.75, 3.05) is 0 Å². The lowest BCUT2D eigenvalue weighted by molar-refractivity contribution is 0.0691. The van der Waals surface area contributed by atoms with E-state index in [9.17, 15) is 9.90 Å². The van der Waals surface area contributed by atoms with Crippen LogP contribution in [0.4, 0.5) is 0 Å². The zero-order valence-corrected chi connectivity index (χ0v) is 12.6. The van der Waals surface area contributed by atoms with Gasteiger partial charge in [0.1, 0.15) is 17.9 Å². The summed E-state index contributed by atoms with van der Waals surface area (Å²) in [6.45, 7) is 2.16. The van der Waals surface area contributed by atoms with Gasteiger partial charge >= 0.3 is 5.97 Å². The summed E-state index contributed by atoms with van der Waals surface area (Å²) in [6.07, 6.45) is 1.70. The first-order chi connectivity index (χ1) is 11.1. The van der Waals surface area contributed by atoms with Crippen molar-refractivity contribution >= 4 is 5.97 Å². The molecule has 0 unspecified atom stereocenters. The fourth-order valence-corrected chi connectivity index (χ4v) is 2.42. The van der Waals surface area contributed by atoms with E-state index >= 15 is 0 Å². The van der Waals surface area contributed by atoms with Gasteiger partial charge in [0.25, 0.3) is 0 Å². The first kappa shape index (κ1) is 14.8. The normalized spacial score (nSPS) is 10.5. The maximum atomic E-state index is 11.6. The van der Waals surface area contributed by atoms with Gasteiger partial charge in [0, 0.05) is 11.8 Å². The van der Waals surface area contributed by atoms with Crippen LogP contribution in [0.2, 0.25) is 0 Å². The molecule has 0 aliphatic carbocycles. The Kier molecular flexibility index (Phi) is 4.10. The second-order valence-electron chi connectivity index (χ2n) is 5.21. The number of ether oxygens (including phenoxy) is 1. The van der Waals surface area contributed by atoms with Crippen molar-refractivity contribution < 1.29 is 14.6 Å². The van der Waals surface area contributed by atoms with E-state index in [-0.39, 0.29) is 5.56 Å². The van der Waals surface area contributed by atoms with Gasteiger partial charge in [-0.3, -0.25) is 5.10 Å². The van der Waals surface area contributed by atoms with Gasteiger partial charge in [-0.1, -0.05) is 30.3 Å². The second kappa shape index (κ2) is 6.36. The molecule has 0 aliphatic heterocycles. The Balaban J connectivity index is 1.94. The average molecular weight is 308 g/mol. The van der Waals surface area contributed by atoms with Crippen molar-refractivity contribution in [3.63, 3.8) is 0 Å². The molecule has 0 radical (unpaired) electrons. The number of aryl methyl sites for hydroxylation is 1. The number of benzene rings is 2. The van der Waals surface area contributed by atoms with Gasteiger partial charge in [0.2, 0.25) is 0 Å². The molecular weight excluding hydrogens is 292 g/mol. The zero-order chi connectivity index (χ0) is 16.2. The lowest BCUT2D eigenvalue weighted by atomic mass is 10.0. The average Bonchev–Trinajstić information content (AvgIpc) is 3.08. The molecule has 1 heterocycles. The van der Waals surface area contributed by atoms with Crippen LogP contribution in [0.25, 0.3) is 11.3 Å². The molecule has 5 heteroatoms. The largest absolute Gasteiger partial charge is 0.488 e. The summed E-state index contributed by atoms with van der Waals surface area (Å²) in [6, 6.07) is 14.9. The number of rotatable bonds is 5. The third kappa shape index (κ3) is 3.23. The molecule has 0 atom stereocenters. The molecule has 2 aromatic carbocycles. The van der Waals surface area contributed by atoms with Crippen LogP contribution in [0.5, 0.6) is 5.75 Å². The zero-order valence-electron chi connectivity index (χ0n) is 12.6. The van der Waals surface area contributed by atoms with E-state index in [1.54, 1.807) is 18.3 Å². The van der Waals surface area contributed by atoms with Crippen molar-refractivity contribution in [3.05, 3.63) is 71.4 Å². The Morgan fingerprint density at radius 2 is 2.00 bits per heavy atom. The van der Waals surface area contributed by atoms with Crippen LogP contribution >= 0.6 is 0 Å². The minimum atomic E-state index is -1.02. The van der Waals surface area contributed by atoms with Gasteiger partial charge in [-0.25, -0.2) is 4.79 Å². The highest BCUT2D eigenvalue weighted by molar-refractivity contribution is 5.93. The molecule has 0 spiro atoms. The highest BCUT2D eigenvalue weighted by Gasteiger charge is 2.17. The second-order valence-corrected chi connectivity index (χ2v) is 5.21. The van der Waals surface area contributed by atoms with Crippen LogP contribution in [-0.4, -0.2) is 21.3 Å². The number of carboxylic acid groups (broad SMARTS) is 1. The molecule has 0 saturated heterocycles. The lowest BCUT2D eigenvalue weighted by Crippen LogP contribution is -2.06. The lowest BCUT2D eigenvalue weighted by Gasteiger charge is -2.13. The molecule has 116 valence electrons. The van der Waals surface area contributed by atoms with Gasteiger partial charge < -0.3 is 9.84 Å². The Hall–Kier alpha value is -3.08. The standard InChI is InChI=1S/C18H16N2O3/c1-12-9-14(16-7-8-19-20-16)10-15(18(21)22)17(12)23-11-13-5-3-2-4-6-13/h2-10H,11H2,1H3,(H,19,20)(H,21,22). The number of nitrogens with zero attached hydrogens (tertiary/aromatic N) is 1. The highest BCUT2D eigenvalue weighted by Crippen LogP contribution is 2.30. The number of carboxylic acids is 1. The number of hydrogen-bond donors (Lipinski definition) is 2. The van der Waals surface area contributed by atoms with Crippen molar-refractivity contribution in [3.8, 4) is 17.0 Å². The molecule has 23 heavy (non-hydrogen) atoms. The summed E-state index contributed by atoms with van der Waals surface area (Å²) in [5, 5.41) is 16.3. The smallest absolute Gasteiger partial charge is 0.339 e. The monoisotopic (exact) mass is 308 g/mol. The van der Waals surface area contributed by atoms with Crippen LogP contribution < -0.4 is 4.74 Å². The van der Waals surface area contributed by atoms with Gasteiger partial charge in [-0.15, -0.1) is 0 Å². The molecule has 0 amide bonds. The van der Waals surface area contributed by atoms with Gasteiger partial charge in [-0.2, -0.15) is 5.10 Å². The maximum Gasteiger partial charge on any atom is 0.339 e. The number of aromatic amines is 1. The number of carbonyl (C=O) groups is 1. The molecule has 1 aromatic heterocycles. The van der Waals surface area contributed by atoms with E-state index in [0.717, 1.165) is 16.7 Å². The minimum absolute atomic E-state index is 0.138. The molecule has 0 fully saturated rings. The van der Waals surface area contributed by atoms with E-state index in [1.165, 1.54) is 0 Å². The quantitative estimate of drug-likeness (QED) is 0.754. The Morgan fingerprint density at radius 1 is 1.22 bits per heavy atom. The fourth-order valence-electron chi connectivity index (χ4n) is 2.42. The summed E-state index contributed by atoms with van der Waals surface area (Å²) in [5.41, 5.74) is 3.33. The first-order valence-corrected chi connectivity index (χ1v) is 7.20. The highest BCUT2D eigenvalue weighted by atomic mass is 16.5. The van der Waals surface area contributed by atoms with E-state index in [2.05, 4.69) is 10.2 Å². The van der Waals surface area contributed by atoms with Crippen LogP contribution in [0, 0.1) is 6.92 Å². The fraction of sp³-hybridized carbons (Fsp3) is 0.111. The summed E-state index contributed by atoms with van der Waals surface area (Å²) >= 11 is 0. The van der Waals surface area contributed by atoms with Crippen LogP contribution in [0.15, 0.2) is 54.7 Å². The Morgan fingerprint density at radius 3 is 2.65 bits per heavy atom. The Bertz CT molecular complexity index is 812. The Labute approximate surface area is 133 Å². The van der Waals surface area contributed by atoms with Crippen molar-refractivity contribution in [2.45, 2.75) is 13.5 Å². The number of aromatic carboxylic acids is 1. The van der Waals surface area contributed by atoms with Crippen molar-refractivity contribution in [2.24, 2.45) is 0 Å². The minimum Gasteiger partial charge on any atom is -0.488 e. The van der Waals surface area contributed by atoms with E-state index in [1.807, 2.05) is 43.3 Å². The third-order valence-electron chi connectivity index (χ3n) is 3.53. The van der Waals surface area contributed by atoms with E-state index < -0.39 is 5.97 Å². The summed E-state index contributed by atoms with van der Waals surface area (Å²) < 4.78 is 5.78. The number of H-pyrrole nitrogens is 1. The third-order valence-corrected chi connectivity index (χ3v) is 3.53. The number of aromatic nitrogens is 2. The van der Waals surface area contributed by atoms with E-state index in [4.69, 9.17) is 4.74 Å². The first-order valence-electron chi connectivity index (χ1n) is 7.20.